The van der Waals surface area contributed by atoms with Crippen LogP contribution in [0.5, 0.6) is 0 Å². The van der Waals surface area contributed by atoms with Crippen LogP contribution in [0.4, 0.5) is 0 Å². The maximum atomic E-state index is 7.22. The van der Waals surface area contributed by atoms with E-state index in [4.69, 9.17) is 14.4 Å². The number of aromatic nitrogens is 1. The molecule has 308 valence electrons. The van der Waals surface area contributed by atoms with Gasteiger partial charge in [-0.05, 0) is 85.4 Å². The largest absolute Gasteiger partial charge is 0.453 e. The van der Waals surface area contributed by atoms with Gasteiger partial charge in [-0.3, -0.25) is 0 Å². The van der Waals surface area contributed by atoms with Gasteiger partial charge < -0.3 is 14.3 Å². The van der Waals surface area contributed by atoms with Crippen molar-refractivity contribution in [3.63, 3.8) is 0 Å². The lowest BCUT2D eigenvalue weighted by Crippen LogP contribution is -2.33. The first-order valence-corrected chi connectivity index (χ1v) is 22.5. The van der Waals surface area contributed by atoms with Gasteiger partial charge in [0.25, 0.3) is 0 Å². The van der Waals surface area contributed by atoms with Crippen LogP contribution in [0.25, 0.3) is 104 Å². The summed E-state index contributed by atoms with van der Waals surface area (Å²) < 4.78 is 9.66. The van der Waals surface area contributed by atoms with Gasteiger partial charge in [-0.15, -0.1) is 0 Å². The number of furan rings is 1. The molecule has 0 bridgehead atoms. The SMILES string of the molecule is c1ccc(-c2ccc(C3N=C(c4cc(-n5c6cc7ccccc7cc6c6ccc7ccccc7c65)c5oc6c7ccccc7ccc6c5c4)N=C(c4ccc5ccccc5c4)N3)cc2)cc1. The zero-order valence-corrected chi connectivity index (χ0v) is 35.6. The molecule has 5 nitrogen and oxygen atoms in total. The van der Waals surface area contributed by atoms with Gasteiger partial charge in [0, 0.05) is 43.4 Å². The standard InChI is InChI=1S/C61H38N4O/c1-2-12-37(13-3-1)39-22-25-42(26-23-39)59-62-60(46-27-24-38-14-4-5-17-43(38)32-46)64-61(63-59)47-34-53-51-31-29-41-16-9-11-21-49(41)57(51)66-58(53)55(36-47)65-54-35-45-19-7-6-18-44(45)33-52(54)50-30-28-40-15-8-10-20-48(40)56(50)65/h1-36,59H,(H,62,63,64). The molecule has 14 rings (SSSR count). The topological polar surface area (TPSA) is 54.8 Å². The van der Waals surface area contributed by atoms with Crippen molar-refractivity contribution in [3.05, 3.63) is 235 Å². The Morgan fingerprint density at radius 1 is 0.394 bits per heavy atom. The quantitative estimate of drug-likeness (QED) is 0.188. The molecule has 3 heterocycles. The molecule has 0 saturated carbocycles. The summed E-state index contributed by atoms with van der Waals surface area (Å²) in [5.74, 6) is 1.41. The summed E-state index contributed by atoms with van der Waals surface area (Å²) in [6.07, 6.45) is -0.406. The Labute approximate surface area is 379 Å². The molecule has 1 unspecified atom stereocenters. The lowest BCUT2D eigenvalue weighted by Gasteiger charge is -2.24. The number of rotatable bonds is 5. The van der Waals surface area contributed by atoms with Gasteiger partial charge in [0.1, 0.15) is 17.6 Å². The molecule has 0 saturated heterocycles. The highest BCUT2D eigenvalue weighted by Crippen LogP contribution is 2.44. The molecule has 0 aliphatic carbocycles. The van der Waals surface area contributed by atoms with E-state index in [1.54, 1.807) is 0 Å². The lowest BCUT2D eigenvalue weighted by atomic mass is 10.0. The monoisotopic (exact) mass is 842 g/mol. The fourth-order valence-electron chi connectivity index (χ4n) is 10.3. The second-order valence-electron chi connectivity index (χ2n) is 17.4. The summed E-state index contributed by atoms with van der Waals surface area (Å²) in [6.45, 7) is 0. The molecule has 66 heavy (non-hydrogen) atoms. The van der Waals surface area contributed by atoms with Gasteiger partial charge in [-0.25, -0.2) is 9.98 Å². The van der Waals surface area contributed by atoms with Crippen LogP contribution in [0.3, 0.4) is 0 Å². The van der Waals surface area contributed by atoms with Gasteiger partial charge in [-0.1, -0.05) is 182 Å². The number of hydrogen-bond acceptors (Lipinski definition) is 4. The zero-order chi connectivity index (χ0) is 43.3. The van der Waals surface area contributed by atoms with Crippen molar-refractivity contribution in [2.75, 3.05) is 0 Å². The molecule has 5 heteroatoms. The molecule has 1 aliphatic rings. The van der Waals surface area contributed by atoms with Crippen molar-refractivity contribution in [2.24, 2.45) is 9.98 Å². The molecule has 13 aromatic rings. The van der Waals surface area contributed by atoms with Crippen LogP contribution in [-0.4, -0.2) is 16.2 Å². The first-order valence-electron chi connectivity index (χ1n) is 22.5. The van der Waals surface area contributed by atoms with Crippen molar-refractivity contribution in [3.8, 4) is 16.8 Å². The van der Waals surface area contributed by atoms with E-state index in [9.17, 15) is 0 Å². The Morgan fingerprint density at radius 3 is 1.79 bits per heavy atom. The molecule has 2 aromatic heterocycles. The van der Waals surface area contributed by atoms with Crippen LogP contribution in [-0.2, 0) is 0 Å². The highest BCUT2D eigenvalue weighted by molar-refractivity contribution is 6.24. The van der Waals surface area contributed by atoms with Crippen LogP contribution < -0.4 is 5.32 Å². The van der Waals surface area contributed by atoms with Gasteiger partial charge in [0.15, 0.2) is 11.4 Å². The van der Waals surface area contributed by atoms with Crippen molar-refractivity contribution in [1.29, 1.82) is 0 Å². The molecular formula is C61H38N4O. The second kappa shape index (κ2) is 14.4. The lowest BCUT2D eigenvalue weighted by molar-refractivity contribution is 0.669. The van der Waals surface area contributed by atoms with Crippen LogP contribution >= 0.6 is 0 Å². The van der Waals surface area contributed by atoms with Crippen molar-refractivity contribution < 1.29 is 4.42 Å². The maximum Gasteiger partial charge on any atom is 0.159 e. The Hall–Kier alpha value is -8.80. The van der Waals surface area contributed by atoms with E-state index < -0.39 is 6.17 Å². The summed E-state index contributed by atoms with van der Waals surface area (Å²) in [5, 5.41) is 17.4. The first kappa shape index (κ1) is 36.7. The number of amidine groups is 2. The molecule has 1 aliphatic heterocycles. The number of nitrogens with zero attached hydrogens (tertiary/aromatic N) is 3. The number of nitrogens with one attached hydrogen (secondary N) is 1. The minimum Gasteiger partial charge on any atom is -0.453 e. The number of aliphatic imine (C=N–C) groups is 2. The van der Waals surface area contributed by atoms with Gasteiger partial charge >= 0.3 is 0 Å². The smallest absolute Gasteiger partial charge is 0.159 e. The maximum absolute atomic E-state index is 7.22. The van der Waals surface area contributed by atoms with Crippen molar-refractivity contribution in [1.82, 2.24) is 9.88 Å². The van der Waals surface area contributed by atoms with Crippen molar-refractivity contribution >= 4 is 98.5 Å². The highest BCUT2D eigenvalue weighted by Gasteiger charge is 2.26. The van der Waals surface area contributed by atoms with Crippen LogP contribution in [0, 0.1) is 0 Å². The van der Waals surface area contributed by atoms with Gasteiger partial charge in [-0.2, -0.15) is 0 Å². The fraction of sp³-hybridized carbons (Fsp3) is 0.0164. The minimum atomic E-state index is -0.406. The van der Waals surface area contributed by atoms with E-state index in [1.165, 1.54) is 43.3 Å². The molecule has 0 radical (unpaired) electrons. The molecule has 1 atom stereocenters. The van der Waals surface area contributed by atoms with Crippen molar-refractivity contribution in [2.45, 2.75) is 6.17 Å². The van der Waals surface area contributed by atoms with E-state index in [0.29, 0.717) is 5.84 Å². The number of hydrogen-bond donors (Lipinski definition) is 1. The van der Waals surface area contributed by atoms with Gasteiger partial charge in [0.2, 0.25) is 0 Å². The first-order chi connectivity index (χ1) is 32.7. The highest BCUT2D eigenvalue weighted by atomic mass is 16.3. The summed E-state index contributed by atoms with van der Waals surface area (Å²) in [5.41, 5.74) is 10.1. The Kier molecular flexibility index (Phi) is 7.98. The summed E-state index contributed by atoms with van der Waals surface area (Å²) in [6, 6.07) is 78.2. The Balaban J connectivity index is 1.07. The molecule has 0 amide bonds. The number of benzene rings is 11. The average molecular weight is 843 g/mol. The molecule has 0 spiro atoms. The third kappa shape index (κ3) is 5.73. The van der Waals surface area contributed by atoms with E-state index >= 15 is 0 Å². The molecule has 1 N–H and O–H groups in total. The third-order valence-corrected chi connectivity index (χ3v) is 13.6. The summed E-state index contributed by atoms with van der Waals surface area (Å²) >= 11 is 0. The molecule has 0 fully saturated rings. The van der Waals surface area contributed by atoms with E-state index in [0.717, 1.165) is 82.9 Å². The summed E-state index contributed by atoms with van der Waals surface area (Å²) in [7, 11) is 0. The zero-order valence-electron chi connectivity index (χ0n) is 35.6. The Morgan fingerprint density at radius 2 is 1.00 bits per heavy atom. The Bertz CT molecular complexity index is 4200. The van der Waals surface area contributed by atoms with Crippen LogP contribution in [0.2, 0.25) is 0 Å². The van der Waals surface area contributed by atoms with E-state index in [1.807, 2.05) is 0 Å². The third-order valence-electron chi connectivity index (χ3n) is 13.6. The predicted octanol–water partition coefficient (Wildman–Crippen LogP) is 15.5. The molecular weight excluding hydrogens is 805 g/mol. The summed E-state index contributed by atoms with van der Waals surface area (Å²) in [4.78, 5) is 10.9. The fourth-order valence-corrected chi connectivity index (χ4v) is 10.3. The van der Waals surface area contributed by atoms with E-state index in [2.05, 4.69) is 228 Å². The van der Waals surface area contributed by atoms with Gasteiger partial charge in [0.05, 0.1) is 16.7 Å². The normalized spacial score (nSPS) is 14.2. The van der Waals surface area contributed by atoms with Crippen LogP contribution in [0.1, 0.15) is 22.9 Å². The predicted molar refractivity (Wildman–Crippen MR) is 275 cm³/mol. The van der Waals surface area contributed by atoms with Crippen LogP contribution in [0.15, 0.2) is 233 Å². The average Bonchev–Trinajstić information content (AvgIpc) is 3.93. The number of fused-ring (bicyclic) bond motifs is 12. The molecule has 11 aromatic carbocycles. The van der Waals surface area contributed by atoms with E-state index in [-0.39, 0.29) is 0 Å². The second-order valence-corrected chi connectivity index (χ2v) is 17.4. The minimum absolute atomic E-state index is 0.406.